The van der Waals surface area contributed by atoms with Crippen LogP contribution in [0.4, 0.5) is 0 Å². The number of methoxy groups -OCH3 is 1. The predicted molar refractivity (Wildman–Crippen MR) is 72.4 cm³/mol. The zero-order chi connectivity index (χ0) is 13.9. The minimum absolute atomic E-state index is 0.170. The second-order valence-electron chi connectivity index (χ2n) is 5.44. The Morgan fingerprint density at radius 1 is 1.33 bits per heavy atom. The quantitative estimate of drug-likeness (QED) is 0.870. The Hall–Kier alpha value is -1.51. The highest BCUT2D eigenvalue weighted by Gasteiger charge is 2.26. The molecule has 0 radical (unpaired) electrons. The molecule has 0 aliphatic heterocycles. The SMILES string of the molecule is COc1c(C)cc(C)cc1C(C)(C)CCC(=O)O. The van der Waals surface area contributed by atoms with Gasteiger partial charge in [-0.2, -0.15) is 0 Å². The summed E-state index contributed by atoms with van der Waals surface area (Å²) in [7, 11) is 1.66. The van der Waals surface area contributed by atoms with Crippen molar-refractivity contribution in [1.29, 1.82) is 0 Å². The number of carbonyl (C=O) groups is 1. The summed E-state index contributed by atoms with van der Waals surface area (Å²) in [6.07, 6.45) is 0.769. The highest BCUT2D eigenvalue weighted by Crippen LogP contribution is 2.37. The second-order valence-corrected chi connectivity index (χ2v) is 5.44. The molecule has 0 bridgehead atoms. The molecule has 0 heterocycles. The predicted octanol–water partition coefficient (Wildman–Crippen LogP) is 3.45. The summed E-state index contributed by atoms with van der Waals surface area (Å²) in [6.45, 7) is 8.19. The zero-order valence-electron chi connectivity index (χ0n) is 11.8. The third kappa shape index (κ3) is 3.25. The Morgan fingerprint density at radius 3 is 2.44 bits per heavy atom. The van der Waals surface area contributed by atoms with E-state index in [9.17, 15) is 4.79 Å². The van der Waals surface area contributed by atoms with Gasteiger partial charge < -0.3 is 9.84 Å². The van der Waals surface area contributed by atoms with Gasteiger partial charge in [0.05, 0.1) is 7.11 Å². The van der Waals surface area contributed by atoms with Crippen LogP contribution in [0.2, 0.25) is 0 Å². The number of aliphatic carboxylic acids is 1. The van der Waals surface area contributed by atoms with Crippen molar-refractivity contribution in [1.82, 2.24) is 0 Å². The summed E-state index contributed by atoms with van der Waals surface area (Å²) in [4.78, 5) is 10.7. The molecule has 0 atom stereocenters. The highest BCUT2D eigenvalue weighted by molar-refractivity contribution is 5.67. The van der Waals surface area contributed by atoms with Crippen LogP contribution in [0.15, 0.2) is 12.1 Å². The number of rotatable bonds is 5. The Bertz CT molecular complexity index is 447. The maximum absolute atomic E-state index is 10.7. The highest BCUT2D eigenvalue weighted by atomic mass is 16.5. The van der Waals surface area contributed by atoms with Gasteiger partial charge in [0.1, 0.15) is 5.75 Å². The first-order valence-corrected chi connectivity index (χ1v) is 6.15. The third-order valence-corrected chi connectivity index (χ3v) is 3.32. The van der Waals surface area contributed by atoms with Crippen molar-refractivity contribution in [3.05, 3.63) is 28.8 Å². The fraction of sp³-hybridized carbons (Fsp3) is 0.533. The van der Waals surface area contributed by atoms with Crippen molar-refractivity contribution in [3.63, 3.8) is 0 Å². The van der Waals surface area contributed by atoms with E-state index in [1.165, 1.54) is 5.56 Å². The van der Waals surface area contributed by atoms with E-state index in [1.807, 2.05) is 13.8 Å². The van der Waals surface area contributed by atoms with Crippen LogP contribution in [-0.2, 0) is 10.2 Å². The zero-order valence-corrected chi connectivity index (χ0v) is 11.8. The van der Waals surface area contributed by atoms with Gasteiger partial charge in [-0.05, 0) is 31.2 Å². The molecule has 0 aromatic heterocycles. The molecule has 1 aromatic carbocycles. The number of hydrogen-bond donors (Lipinski definition) is 1. The summed E-state index contributed by atoms with van der Waals surface area (Å²) in [5.74, 6) is 0.113. The lowest BCUT2D eigenvalue weighted by Gasteiger charge is -2.28. The van der Waals surface area contributed by atoms with Gasteiger partial charge in [-0.3, -0.25) is 4.79 Å². The van der Waals surface area contributed by atoms with E-state index in [-0.39, 0.29) is 11.8 Å². The van der Waals surface area contributed by atoms with Crippen molar-refractivity contribution in [2.24, 2.45) is 0 Å². The van der Waals surface area contributed by atoms with Crippen molar-refractivity contribution in [3.8, 4) is 5.75 Å². The molecule has 0 fully saturated rings. The third-order valence-electron chi connectivity index (χ3n) is 3.32. The first kappa shape index (κ1) is 14.6. The molecule has 0 saturated heterocycles. The minimum atomic E-state index is -0.758. The Balaban J connectivity index is 3.17. The van der Waals surface area contributed by atoms with Crippen LogP contribution in [0, 0.1) is 13.8 Å². The number of benzene rings is 1. The number of hydrogen-bond acceptors (Lipinski definition) is 2. The lowest BCUT2D eigenvalue weighted by Crippen LogP contribution is -2.20. The summed E-state index contributed by atoms with van der Waals surface area (Å²) < 4.78 is 5.48. The minimum Gasteiger partial charge on any atom is -0.496 e. The largest absolute Gasteiger partial charge is 0.496 e. The monoisotopic (exact) mass is 250 g/mol. The van der Waals surface area contributed by atoms with Crippen molar-refractivity contribution in [2.75, 3.05) is 7.11 Å². The molecule has 18 heavy (non-hydrogen) atoms. The van der Waals surface area contributed by atoms with Gasteiger partial charge in [-0.25, -0.2) is 0 Å². The van der Waals surface area contributed by atoms with Crippen molar-refractivity contribution in [2.45, 2.75) is 46.0 Å². The molecule has 0 amide bonds. The van der Waals surface area contributed by atoms with Gasteiger partial charge in [0, 0.05) is 12.0 Å². The van der Waals surface area contributed by atoms with E-state index in [1.54, 1.807) is 7.11 Å². The van der Waals surface area contributed by atoms with E-state index in [0.717, 1.165) is 16.9 Å². The first-order chi connectivity index (χ1) is 8.27. The summed E-state index contributed by atoms with van der Waals surface area (Å²) in [5.41, 5.74) is 3.15. The van der Waals surface area contributed by atoms with Gasteiger partial charge in [0.15, 0.2) is 0 Å². The van der Waals surface area contributed by atoms with Crippen molar-refractivity contribution < 1.29 is 14.6 Å². The van der Waals surface area contributed by atoms with Gasteiger partial charge in [0.25, 0.3) is 0 Å². The molecule has 0 aliphatic rings. The van der Waals surface area contributed by atoms with Gasteiger partial charge in [-0.1, -0.05) is 31.5 Å². The van der Waals surface area contributed by atoms with E-state index in [4.69, 9.17) is 9.84 Å². The van der Waals surface area contributed by atoms with Crippen LogP contribution in [0.1, 0.15) is 43.4 Å². The maximum atomic E-state index is 10.7. The number of ether oxygens (including phenoxy) is 1. The molecule has 3 heteroatoms. The molecule has 0 unspecified atom stereocenters. The number of carboxylic acids is 1. The smallest absolute Gasteiger partial charge is 0.303 e. The van der Waals surface area contributed by atoms with E-state index in [2.05, 4.69) is 26.0 Å². The molecule has 0 spiro atoms. The Kier molecular flexibility index (Phi) is 4.38. The molecular weight excluding hydrogens is 228 g/mol. The lowest BCUT2D eigenvalue weighted by molar-refractivity contribution is -0.137. The van der Waals surface area contributed by atoms with Crippen molar-refractivity contribution >= 4 is 5.97 Å². The Labute approximate surface area is 109 Å². The lowest BCUT2D eigenvalue weighted by atomic mass is 9.78. The van der Waals surface area contributed by atoms with Crippen LogP contribution >= 0.6 is 0 Å². The molecule has 1 N–H and O–H groups in total. The van der Waals surface area contributed by atoms with Crippen LogP contribution in [0.5, 0.6) is 5.75 Å². The average molecular weight is 250 g/mol. The Morgan fingerprint density at radius 2 is 1.94 bits per heavy atom. The fourth-order valence-electron chi connectivity index (χ4n) is 2.28. The summed E-state index contributed by atoms with van der Waals surface area (Å²) in [5, 5.41) is 8.83. The van der Waals surface area contributed by atoms with Crippen LogP contribution in [0.3, 0.4) is 0 Å². The second kappa shape index (κ2) is 5.42. The number of aryl methyl sites for hydroxylation is 2. The molecular formula is C15H22O3. The first-order valence-electron chi connectivity index (χ1n) is 6.15. The maximum Gasteiger partial charge on any atom is 0.303 e. The fourth-order valence-corrected chi connectivity index (χ4v) is 2.28. The van der Waals surface area contributed by atoms with E-state index < -0.39 is 5.97 Å². The van der Waals surface area contributed by atoms with Crippen LogP contribution in [-0.4, -0.2) is 18.2 Å². The van der Waals surface area contributed by atoms with Crippen LogP contribution < -0.4 is 4.74 Å². The van der Waals surface area contributed by atoms with Gasteiger partial charge in [0.2, 0.25) is 0 Å². The molecule has 1 rings (SSSR count). The molecule has 100 valence electrons. The summed E-state index contributed by atoms with van der Waals surface area (Å²) in [6, 6.07) is 4.17. The normalized spacial score (nSPS) is 11.4. The molecule has 3 nitrogen and oxygen atoms in total. The summed E-state index contributed by atoms with van der Waals surface area (Å²) >= 11 is 0. The molecule has 0 aliphatic carbocycles. The van der Waals surface area contributed by atoms with Gasteiger partial charge >= 0.3 is 5.97 Å². The standard InChI is InChI=1S/C15H22O3/c1-10-8-11(2)14(18-5)12(9-10)15(3,4)7-6-13(16)17/h8-9H,6-7H2,1-5H3,(H,16,17). The van der Waals surface area contributed by atoms with E-state index in [0.29, 0.717) is 6.42 Å². The average Bonchev–Trinajstić information content (AvgIpc) is 2.25. The topological polar surface area (TPSA) is 46.5 Å². The van der Waals surface area contributed by atoms with E-state index >= 15 is 0 Å². The van der Waals surface area contributed by atoms with Gasteiger partial charge in [-0.15, -0.1) is 0 Å². The molecule has 0 saturated carbocycles. The number of carboxylic acid groups (broad SMARTS) is 1. The van der Waals surface area contributed by atoms with Crippen LogP contribution in [0.25, 0.3) is 0 Å². The molecule has 1 aromatic rings.